The lowest BCUT2D eigenvalue weighted by Crippen LogP contribution is -2.36. The van der Waals surface area contributed by atoms with Crippen LogP contribution < -0.4 is 26.1 Å². The lowest BCUT2D eigenvalue weighted by Gasteiger charge is -2.26. The maximum Gasteiger partial charge on any atom is 0.286 e. The number of thioether (sulfide) groups is 1. The number of nitrogens with zero attached hydrogens (tertiary/aromatic N) is 1. The first-order valence-corrected chi connectivity index (χ1v) is 13.1. The zero-order valence-corrected chi connectivity index (χ0v) is 20.6. The monoisotopic (exact) mass is 518 g/mol. The zero-order chi connectivity index (χ0) is 24.1. The number of halogens is 1. The third kappa shape index (κ3) is 5.88. The first-order valence-electron chi connectivity index (χ1n) is 10.3. The van der Waals surface area contributed by atoms with Crippen LogP contribution in [0, 0.1) is 6.92 Å². The molecule has 8 nitrogen and oxygen atoms in total. The maximum absolute atomic E-state index is 13.1. The Labute approximate surface area is 207 Å². The Morgan fingerprint density at radius 3 is 2.62 bits per heavy atom. The topological polar surface area (TPSA) is 115 Å². The van der Waals surface area contributed by atoms with Gasteiger partial charge in [-0.15, -0.1) is 16.2 Å². The molecule has 1 aliphatic rings. The van der Waals surface area contributed by atoms with Gasteiger partial charge in [-0.1, -0.05) is 41.9 Å². The van der Waals surface area contributed by atoms with Crippen LogP contribution in [0.4, 0.5) is 5.69 Å². The van der Waals surface area contributed by atoms with E-state index < -0.39 is 10.0 Å². The van der Waals surface area contributed by atoms with Crippen LogP contribution in [0.1, 0.15) is 5.56 Å². The number of hydrogen-bond donors (Lipinski definition) is 3. The summed E-state index contributed by atoms with van der Waals surface area (Å²) in [5.74, 6) is 1.49. The number of hydrazine groups is 1. The van der Waals surface area contributed by atoms with Crippen LogP contribution in [0.25, 0.3) is 0 Å². The summed E-state index contributed by atoms with van der Waals surface area (Å²) in [6, 6.07) is 19.6. The number of benzene rings is 3. The molecular formula is C23H23ClN4O4S2. The Hall–Kier alpha value is -3.08. The highest BCUT2D eigenvalue weighted by Crippen LogP contribution is 2.36. The number of anilines is 1. The highest BCUT2D eigenvalue weighted by atomic mass is 35.5. The molecule has 3 aromatic carbocycles. The first-order chi connectivity index (χ1) is 16.3. The molecule has 1 unspecified atom stereocenters. The summed E-state index contributed by atoms with van der Waals surface area (Å²) in [5, 5.41) is 0.452. The smallest absolute Gasteiger partial charge is 0.286 e. The quantitative estimate of drug-likeness (QED) is 0.184. The van der Waals surface area contributed by atoms with E-state index in [1.807, 2.05) is 42.5 Å². The summed E-state index contributed by atoms with van der Waals surface area (Å²) < 4.78 is 41.7. The van der Waals surface area contributed by atoms with Crippen molar-refractivity contribution in [2.24, 2.45) is 10.1 Å². The number of fused-ring (bicyclic) bond motifs is 1. The number of rotatable bonds is 7. The summed E-state index contributed by atoms with van der Waals surface area (Å²) in [4.78, 5) is 0.464. The minimum Gasteiger partial charge on any atom is -0.486 e. The highest BCUT2D eigenvalue weighted by molar-refractivity contribution is 8.00. The second-order valence-electron chi connectivity index (χ2n) is 7.42. The molecule has 0 amide bonds. The van der Waals surface area contributed by atoms with Crippen LogP contribution in [0.3, 0.4) is 0 Å². The van der Waals surface area contributed by atoms with Crippen molar-refractivity contribution < 1.29 is 17.9 Å². The molecule has 1 heterocycles. The van der Waals surface area contributed by atoms with Crippen molar-refractivity contribution in [3.8, 4) is 11.5 Å². The third-order valence-electron chi connectivity index (χ3n) is 4.82. The molecule has 1 aliphatic heterocycles. The molecule has 3 aromatic rings. The molecule has 4 rings (SSSR count). The minimum atomic E-state index is -4.13. The molecule has 4 N–H and O–H groups in total. The predicted molar refractivity (Wildman–Crippen MR) is 135 cm³/mol. The van der Waals surface area contributed by atoms with E-state index in [2.05, 4.69) is 15.2 Å². The molecule has 11 heteroatoms. The van der Waals surface area contributed by atoms with E-state index in [0.29, 0.717) is 45.0 Å². The molecule has 0 saturated heterocycles. The second kappa shape index (κ2) is 10.5. The van der Waals surface area contributed by atoms with Crippen molar-refractivity contribution in [1.29, 1.82) is 0 Å². The average Bonchev–Trinajstić information content (AvgIpc) is 2.83. The number of guanidine groups is 1. The summed E-state index contributed by atoms with van der Waals surface area (Å²) in [7, 11) is -4.13. The third-order valence-corrected chi connectivity index (χ3v) is 7.88. The molecule has 0 radical (unpaired) electrons. The van der Waals surface area contributed by atoms with Crippen molar-refractivity contribution >= 4 is 45.0 Å². The lowest BCUT2D eigenvalue weighted by atomic mass is 10.2. The molecule has 0 aromatic heterocycles. The van der Waals surface area contributed by atoms with Gasteiger partial charge in [0.2, 0.25) is 5.96 Å². The van der Waals surface area contributed by atoms with Gasteiger partial charge in [0.1, 0.15) is 17.6 Å². The number of ether oxygens (including phenoxy) is 2. The van der Waals surface area contributed by atoms with E-state index >= 15 is 0 Å². The van der Waals surface area contributed by atoms with Gasteiger partial charge in [-0.2, -0.15) is 8.42 Å². The first kappa shape index (κ1) is 24.1. The van der Waals surface area contributed by atoms with Gasteiger partial charge >= 0.3 is 0 Å². The molecule has 0 fully saturated rings. The summed E-state index contributed by atoms with van der Waals surface area (Å²) in [6.07, 6.45) is -0.263. The van der Waals surface area contributed by atoms with Gasteiger partial charge in [-0.05, 0) is 48.9 Å². The highest BCUT2D eigenvalue weighted by Gasteiger charge is 2.24. The Morgan fingerprint density at radius 1 is 1.15 bits per heavy atom. The normalized spacial score (nSPS) is 15.6. The Balaban J connectivity index is 1.50. The number of nitrogens with two attached hydrogens (primary N) is 1. The standard InChI is InChI=1S/C23H23ClN4O4S2/c1-15-11-22(34(29,30)28-23(25)27-26-16-7-3-2-4-8-16)21(12-18(15)24)33-14-17-13-31-19-9-5-6-10-20(19)32-17/h2-12,17,26H,13-14H2,1H3,(H3,25,27,28). The second-order valence-corrected chi connectivity index (χ2v) is 10.5. The van der Waals surface area contributed by atoms with E-state index in [9.17, 15) is 8.42 Å². The number of nitrogens with one attached hydrogen (secondary N) is 2. The van der Waals surface area contributed by atoms with Gasteiger partial charge in [-0.3, -0.25) is 10.9 Å². The van der Waals surface area contributed by atoms with Gasteiger partial charge in [0, 0.05) is 15.7 Å². The van der Waals surface area contributed by atoms with E-state index in [1.54, 1.807) is 25.1 Å². The number of aryl methyl sites for hydroxylation is 1. The molecule has 0 saturated carbocycles. The molecule has 178 valence electrons. The Morgan fingerprint density at radius 2 is 1.85 bits per heavy atom. The molecule has 0 spiro atoms. The maximum atomic E-state index is 13.1. The zero-order valence-electron chi connectivity index (χ0n) is 18.2. The molecule has 34 heavy (non-hydrogen) atoms. The number of hydrogen-bond acceptors (Lipinski definition) is 6. The van der Waals surface area contributed by atoms with Crippen LogP contribution in [0.2, 0.25) is 5.02 Å². The average molecular weight is 519 g/mol. The van der Waals surface area contributed by atoms with Crippen LogP contribution in [0.5, 0.6) is 11.5 Å². The Bertz CT molecular complexity index is 1300. The van der Waals surface area contributed by atoms with Gasteiger partial charge in [0.05, 0.1) is 5.69 Å². The molecule has 0 bridgehead atoms. The molecule has 1 atom stereocenters. The fourth-order valence-corrected chi connectivity index (χ4v) is 5.83. The fraction of sp³-hybridized carbons (Fsp3) is 0.174. The molecular weight excluding hydrogens is 496 g/mol. The van der Waals surface area contributed by atoms with E-state index in [-0.39, 0.29) is 17.0 Å². The van der Waals surface area contributed by atoms with Gasteiger partial charge in [-0.25, -0.2) is 0 Å². The predicted octanol–water partition coefficient (Wildman–Crippen LogP) is 4.20. The van der Waals surface area contributed by atoms with E-state index in [0.717, 1.165) is 0 Å². The summed E-state index contributed by atoms with van der Waals surface area (Å²) in [5.41, 5.74) is 12.5. The fourth-order valence-electron chi connectivity index (χ4n) is 3.14. The number of sulfonamides is 1. The van der Waals surface area contributed by atoms with E-state index in [1.165, 1.54) is 17.8 Å². The van der Waals surface area contributed by atoms with Crippen LogP contribution in [0.15, 0.2) is 80.9 Å². The lowest BCUT2D eigenvalue weighted by molar-refractivity contribution is 0.107. The summed E-state index contributed by atoms with van der Waals surface area (Å²) in [6.45, 7) is 2.08. The van der Waals surface area contributed by atoms with Crippen LogP contribution in [-0.2, 0) is 10.0 Å². The van der Waals surface area contributed by atoms with Crippen LogP contribution >= 0.6 is 23.4 Å². The van der Waals surface area contributed by atoms with Crippen molar-refractivity contribution in [1.82, 2.24) is 5.43 Å². The van der Waals surface area contributed by atoms with E-state index in [4.69, 9.17) is 26.8 Å². The van der Waals surface area contributed by atoms with Crippen molar-refractivity contribution in [2.45, 2.75) is 22.8 Å². The van der Waals surface area contributed by atoms with Gasteiger partial charge < -0.3 is 15.2 Å². The number of para-hydroxylation sites is 3. The Kier molecular flexibility index (Phi) is 7.40. The SMILES string of the molecule is Cc1cc(S(=O)(=O)/N=C(/N)NNc2ccccc2)c(SCC2COc3ccccc3O2)cc1Cl. The van der Waals surface area contributed by atoms with Crippen molar-refractivity contribution in [3.63, 3.8) is 0 Å². The van der Waals surface area contributed by atoms with Crippen molar-refractivity contribution in [3.05, 3.63) is 77.3 Å². The van der Waals surface area contributed by atoms with Crippen molar-refractivity contribution in [2.75, 3.05) is 17.8 Å². The van der Waals surface area contributed by atoms with Gasteiger partial charge in [0.15, 0.2) is 11.5 Å². The largest absolute Gasteiger partial charge is 0.486 e. The molecule has 0 aliphatic carbocycles. The van der Waals surface area contributed by atoms with Gasteiger partial charge in [0.25, 0.3) is 10.0 Å². The minimum absolute atomic E-state index is 0.0148. The van der Waals surface area contributed by atoms with Crippen LogP contribution in [-0.4, -0.2) is 32.8 Å². The summed E-state index contributed by atoms with van der Waals surface area (Å²) >= 11 is 7.60.